The van der Waals surface area contributed by atoms with Crippen LogP contribution in [0.3, 0.4) is 0 Å². The van der Waals surface area contributed by atoms with Crippen LogP contribution < -0.4 is 5.32 Å². The monoisotopic (exact) mass is 333 g/mol. The molecule has 2 saturated heterocycles. The molecule has 1 N–H and O–H groups in total. The van der Waals surface area contributed by atoms with Gasteiger partial charge in [0.1, 0.15) is 5.76 Å². The molecule has 3 aliphatic rings. The van der Waals surface area contributed by atoms with Gasteiger partial charge in [-0.05, 0) is 46.0 Å². The molecule has 0 bridgehead atoms. The summed E-state index contributed by atoms with van der Waals surface area (Å²) in [6, 6.07) is 0.381. The third kappa shape index (κ3) is 2.65. The van der Waals surface area contributed by atoms with Crippen LogP contribution in [0.4, 0.5) is 0 Å². The van der Waals surface area contributed by atoms with E-state index in [0.717, 1.165) is 62.3 Å². The zero-order valence-electron chi connectivity index (χ0n) is 14.6. The van der Waals surface area contributed by atoms with Gasteiger partial charge in [-0.3, -0.25) is 9.69 Å². The Balaban J connectivity index is 1.50. The molecule has 1 amide bonds. The second kappa shape index (κ2) is 6.15. The molecule has 6 heteroatoms. The van der Waals surface area contributed by atoms with Gasteiger partial charge in [0.05, 0.1) is 17.2 Å². The minimum absolute atomic E-state index is 0.0681. The number of nitrogens with one attached hydrogen (secondary N) is 1. The fraction of sp³-hybridized carbons (Fsp3) is 0.778. The number of amides is 1. The molecule has 0 spiro atoms. The van der Waals surface area contributed by atoms with Crippen LogP contribution in [0.25, 0.3) is 0 Å². The van der Waals surface area contributed by atoms with Crippen molar-refractivity contribution in [3.05, 3.63) is 17.0 Å². The van der Waals surface area contributed by atoms with E-state index in [0.29, 0.717) is 12.6 Å². The highest BCUT2D eigenvalue weighted by molar-refractivity contribution is 5.84. The number of ether oxygens (including phenoxy) is 1. The number of aromatic nitrogens is 1. The summed E-state index contributed by atoms with van der Waals surface area (Å²) in [6.07, 6.45) is 5.29. The molecule has 1 aliphatic carbocycles. The van der Waals surface area contributed by atoms with Crippen LogP contribution in [0.15, 0.2) is 4.52 Å². The number of hydrogen-bond acceptors (Lipinski definition) is 5. The first-order chi connectivity index (χ1) is 11.6. The van der Waals surface area contributed by atoms with Crippen molar-refractivity contribution < 1.29 is 14.1 Å². The van der Waals surface area contributed by atoms with Gasteiger partial charge in [0.15, 0.2) is 0 Å². The SMILES string of the molecule is Cc1noc(C)c1CN1CC[C@H]2OCC[C@@]2(C(=O)NC2CCC2)C1. The number of hydrogen-bond donors (Lipinski definition) is 1. The van der Waals surface area contributed by atoms with Gasteiger partial charge in [-0.1, -0.05) is 5.16 Å². The molecule has 132 valence electrons. The number of piperidine rings is 1. The number of aryl methyl sites for hydroxylation is 2. The number of likely N-dealkylation sites (tertiary alicyclic amines) is 1. The molecule has 1 aromatic rings. The highest BCUT2D eigenvalue weighted by Gasteiger charge is 2.53. The van der Waals surface area contributed by atoms with Gasteiger partial charge in [-0.15, -0.1) is 0 Å². The summed E-state index contributed by atoms with van der Waals surface area (Å²) in [7, 11) is 0. The van der Waals surface area contributed by atoms with Crippen molar-refractivity contribution >= 4 is 5.91 Å². The second-order valence-electron chi connectivity index (χ2n) is 7.67. The number of carbonyl (C=O) groups excluding carboxylic acids is 1. The van der Waals surface area contributed by atoms with Crippen molar-refractivity contribution in [2.24, 2.45) is 5.41 Å². The summed E-state index contributed by atoms with van der Waals surface area (Å²) in [4.78, 5) is 15.4. The van der Waals surface area contributed by atoms with Crippen LogP contribution in [0.5, 0.6) is 0 Å². The molecular formula is C18H27N3O3. The molecule has 24 heavy (non-hydrogen) atoms. The summed E-state index contributed by atoms with van der Waals surface area (Å²) in [6.45, 7) is 7.15. The van der Waals surface area contributed by atoms with Crippen molar-refractivity contribution in [2.45, 2.75) is 64.6 Å². The van der Waals surface area contributed by atoms with Crippen LogP contribution in [-0.4, -0.2) is 47.8 Å². The average Bonchev–Trinajstić information content (AvgIpc) is 3.09. The summed E-state index contributed by atoms with van der Waals surface area (Å²) in [5, 5.41) is 7.33. The lowest BCUT2D eigenvalue weighted by Crippen LogP contribution is -2.58. The van der Waals surface area contributed by atoms with Gasteiger partial charge >= 0.3 is 0 Å². The maximum atomic E-state index is 13.0. The Labute approximate surface area is 142 Å². The Morgan fingerprint density at radius 3 is 2.88 bits per heavy atom. The Morgan fingerprint density at radius 2 is 2.21 bits per heavy atom. The molecule has 6 nitrogen and oxygen atoms in total. The molecule has 2 atom stereocenters. The Hall–Kier alpha value is -1.40. The lowest BCUT2D eigenvalue weighted by atomic mass is 9.75. The van der Waals surface area contributed by atoms with Gasteiger partial charge < -0.3 is 14.6 Å². The first-order valence-corrected chi connectivity index (χ1v) is 9.15. The van der Waals surface area contributed by atoms with Gasteiger partial charge in [0, 0.05) is 37.8 Å². The molecule has 4 rings (SSSR count). The lowest BCUT2D eigenvalue weighted by molar-refractivity contribution is -0.140. The predicted molar refractivity (Wildman–Crippen MR) is 88.4 cm³/mol. The van der Waals surface area contributed by atoms with Crippen molar-refractivity contribution in [3.8, 4) is 0 Å². The zero-order chi connectivity index (χ0) is 16.7. The highest BCUT2D eigenvalue weighted by Crippen LogP contribution is 2.42. The van der Waals surface area contributed by atoms with E-state index in [1.807, 2.05) is 13.8 Å². The molecule has 1 aromatic heterocycles. The molecule has 0 unspecified atom stereocenters. The fourth-order valence-electron chi connectivity index (χ4n) is 4.32. The quantitative estimate of drug-likeness (QED) is 0.912. The first kappa shape index (κ1) is 16.1. The van der Waals surface area contributed by atoms with E-state index in [1.54, 1.807) is 0 Å². The molecule has 2 aliphatic heterocycles. The summed E-state index contributed by atoms with van der Waals surface area (Å²) < 4.78 is 11.2. The van der Waals surface area contributed by atoms with Crippen LogP contribution in [-0.2, 0) is 16.1 Å². The van der Waals surface area contributed by atoms with E-state index in [4.69, 9.17) is 9.26 Å². The third-order valence-corrected chi connectivity index (χ3v) is 6.15. The smallest absolute Gasteiger partial charge is 0.230 e. The van der Waals surface area contributed by atoms with Gasteiger partial charge in [0.25, 0.3) is 0 Å². The number of rotatable bonds is 4. The average molecular weight is 333 g/mol. The Bertz CT molecular complexity index is 606. The molecule has 3 heterocycles. The minimum Gasteiger partial charge on any atom is -0.377 e. The summed E-state index contributed by atoms with van der Waals surface area (Å²) in [5.74, 6) is 1.09. The van der Waals surface area contributed by atoms with Gasteiger partial charge in [-0.2, -0.15) is 0 Å². The van der Waals surface area contributed by atoms with Crippen LogP contribution in [0, 0.1) is 19.3 Å². The standard InChI is InChI=1S/C18H27N3O3/c1-12-15(13(2)24-20-12)10-21-8-6-16-18(11-21,7-9-23-16)17(22)19-14-4-3-5-14/h14,16H,3-11H2,1-2H3,(H,19,22)/t16-,18-/m1/s1. The normalized spacial score (nSPS) is 30.8. The Kier molecular flexibility index (Phi) is 4.12. The maximum Gasteiger partial charge on any atom is 0.230 e. The van der Waals surface area contributed by atoms with Crippen molar-refractivity contribution in [3.63, 3.8) is 0 Å². The molecule has 1 saturated carbocycles. The van der Waals surface area contributed by atoms with E-state index < -0.39 is 0 Å². The largest absolute Gasteiger partial charge is 0.377 e. The van der Waals surface area contributed by atoms with Crippen LogP contribution in [0.1, 0.15) is 49.1 Å². The molecule has 3 fully saturated rings. The predicted octanol–water partition coefficient (Wildman–Crippen LogP) is 1.94. The van der Waals surface area contributed by atoms with Gasteiger partial charge in [0.2, 0.25) is 5.91 Å². The van der Waals surface area contributed by atoms with E-state index in [-0.39, 0.29) is 17.4 Å². The number of fused-ring (bicyclic) bond motifs is 1. The maximum absolute atomic E-state index is 13.0. The zero-order valence-corrected chi connectivity index (χ0v) is 14.6. The first-order valence-electron chi connectivity index (χ1n) is 9.15. The topological polar surface area (TPSA) is 67.6 Å². The molecule has 0 radical (unpaired) electrons. The minimum atomic E-state index is -0.382. The van der Waals surface area contributed by atoms with Gasteiger partial charge in [-0.25, -0.2) is 0 Å². The highest BCUT2D eigenvalue weighted by atomic mass is 16.5. The lowest BCUT2D eigenvalue weighted by Gasteiger charge is -2.43. The van der Waals surface area contributed by atoms with E-state index >= 15 is 0 Å². The Morgan fingerprint density at radius 1 is 1.38 bits per heavy atom. The van der Waals surface area contributed by atoms with Crippen molar-refractivity contribution in [1.82, 2.24) is 15.4 Å². The van der Waals surface area contributed by atoms with Crippen molar-refractivity contribution in [1.29, 1.82) is 0 Å². The third-order valence-electron chi connectivity index (χ3n) is 6.15. The fourth-order valence-corrected chi connectivity index (χ4v) is 4.32. The van der Waals surface area contributed by atoms with Crippen LogP contribution in [0.2, 0.25) is 0 Å². The van der Waals surface area contributed by atoms with Crippen molar-refractivity contribution in [2.75, 3.05) is 19.7 Å². The summed E-state index contributed by atoms with van der Waals surface area (Å²) >= 11 is 0. The second-order valence-corrected chi connectivity index (χ2v) is 7.67. The molecule has 0 aromatic carbocycles. The van der Waals surface area contributed by atoms with E-state index in [9.17, 15) is 4.79 Å². The number of nitrogens with zero attached hydrogens (tertiary/aromatic N) is 2. The number of carbonyl (C=O) groups is 1. The summed E-state index contributed by atoms with van der Waals surface area (Å²) in [5.41, 5.74) is 1.72. The molecular weight excluding hydrogens is 306 g/mol. The van der Waals surface area contributed by atoms with E-state index in [2.05, 4.69) is 15.4 Å². The van der Waals surface area contributed by atoms with E-state index in [1.165, 1.54) is 6.42 Å². The van der Waals surface area contributed by atoms with Crippen LogP contribution >= 0.6 is 0 Å².